The van der Waals surface area contributed by atoms with Crippen LogP contribution in [0.3, 0.4) is 0 Å². The van der Waals surface area contributed by atoms with Gasteiger partial charge in [0.25, 0.3) is 5.82 Å². The highest BCUT2D eigenvalue weighted by atomic mass is 15.4. The first-order valence-corrected chi connectivity index (χ1v) is 9.81. The van der Waals surface area contributed by atoms with Gasteiger partial charge in [0.05, 0.1) is 31.5 Å². The summed E-state index contributed by atoms with van der Waals surface area (Å²) in [7, 11) is 8.49. The largest absolute Gasteiger partial charge is 0.329 e. The van der Waals surface area contributed by atoms with Crippen molar-refractivity contribution >= 4 is 28.5 Å². The molecule has 0 radical (unpaired) electrons. The Balaban J connectivity index is 0.000000614. The molecule has 27 heavy (non-hydrogen) atoms. The Morgan fingerprint density at radius 3 is 1.74 bits per heavy atom. The summed E-state index contributed by atoms with van der Waals surface area (Å²) < 4.78 is 4.49. The molecule has 0 saturated heterocycles. The maximum Gasteiger partial charge on any atom is 0.285 e. The molecule has 4 rings (SSSR count). The minimum absolute atomic E-state index is 1.17. The Bertz CT molecular complexity index is 867. The van der Waals surface area contributed by atoms with Crippen LogP contribution in [0.2, 0.25) is 0 Å². The Hall–Kier alpha value is -2.75. The summed E-state index contributed by atoms with van der Waals surface area (Å²) in [6, 6.07) is 17.0. The molecule has 4 nitrogen and oxygen atoms in total. The van der Waals surface area contributed by atoms with Crippen molar-refractivity contribution < 1.29 is 4.57 Å². The molecule has 0 aliphatic carbocycles. The van der Waals surface area contributed by atoms with Crippen LogP contribution in [-0.4, -0.2) is 18.7 Å². The lowest BCUT2D eigenvalue weighted by Gasteiger charge is -2.17. The van der Waals surface area contributed by atoms with Gasteiger partial charge in [-0.1, -0.05) is 52.0 Å². The first-order valence-electron chi connectivity index (χ1n) is 9.81. The van der Waals surface area contributed by atoms with Crippen LogP contribution in [0.5, 0.6) is 0 Å². The maximum absolute atomic E-state index is 2.25. The number of hydrogen-bond donors (Lipinski definition) is 0. The van der Waals surface area contributed by atoms with Gasteiger partial charge in [0.15, 0.2) is 11.0 Å². The number of fused-ring (bicyclic) bond motifs is 2. The van der Waals surface area contributed by atoms with E-state index in [0.29, 0.717) is 0 Å². The number of imidazole rings is 1. The molecule has 3 aromatic rings. The number of hydrogen-bond acceptors (Lipinski definition) is 2. The fourth-order valence-electron chi connectivity index (χ4n) is 3.51. The first-order chi connectivity index (χ1) is 13.1. The van der Waals surface area contributed by atoms with Crippen LogP contribution in [0.25, 0.3) is 17.1 Å². The number of para-hydroxylation sites is 4. The molecule has 0 atom stereocenters. The standard InChI is InChI=1S/C19H21N4.2C2H6/c1-20-14-9-5-6-10-15(14)21(2)18(20)13-19-22(3)16-11-7-8-12-17(16)23(19)4;2*1-2/h5-13H,1-4H3;2*1-2H3/q+1;;. The van der Waals surface area contributed by atoms with E-state index in [1.54, 1.807) is 0 Å². The van der Waals surface area contributed by atoms with Gasteiger partial charge in [0.1, 0.15) is 5.82 Å². The number of benzene rings is 2. The summed E-state index contributed by atoms with van der Waals surface area (Å²) in [5.74, 6) is 2.35. The average Bonchev–Trinajstić information content (AvgIpc) is 3.12. The minimum Gasteiger partial charge on any atom is -0.329 e. The monoisotopic (exact) mass is 365 g/mol. The number of aromatic nitrogens is 2. The van der Waals surface area contributed by atoms with E-state index in [2.05, 4.69) is 102 Å². The summed E-state index contributed by atoms with van der Waals surface area (Å²) in [6.07, 6.45) is 2.25. The van der Waals surface area contributed by atoms with E-state index >= 15 is 0 Å². The summed E-state index contributed by atoms with van der Waals surface area (Å²) in [4.78, 5) is 4.49. The van der Waals surface area contributed by atoms with Crippen molar-refractivity contribution in [3.8, 4) is 0 Å². The third-order valence-electron chi connectivity index (χ3n) is 4.84. The van der Waals surface area contributed by atoms with Gasteiger partial charge in [-0.25, -0.2) is 9.13 Å². The maximum atomic E-state index is 2.25. The molecule has 1 aliphatic heterocycles. The normalized spacial score (nSPS) is 12.2. The lowest BCUT2D eigenvalue weighted by atomic mass is 10.3. The molecule has 0 amide bonds. The Morgan fingerprint density at radius 2 is 1.22 bits per heavy atom. The molecule has 1 aliphatic rings. The molecule has 0 spiro atoms. The highest BCUT2D eigenvalue weighted by Gasteiger charge is 2.28. The third kappa shape index (κ3) is 3.44. The van der Waals surface area contributed by atoms with Gasteiger partial charge in [0.2, 0.25) is 0 Å². The molecular weight excluding hydrogens is 332 g/mol. The second kappa shape index (κ2) is 8.76. The van der Waals surface area contributed by atoms with Gasteiger partial charge in [-0.15, -0.1) is 0 Å². The molecular formula is C23H33N4+. The van der Waals surface area contributed by atoms with E-state index in [-0.39, 0.29) is 0 Å². The Kier molecular flexibility index (Phi) is 6.67. The van der Waals surface area contributed by atoms with Gasteiger partial charge in [-0.3, -0.25) is 0 Å². The highest BCUT2D eigenvalue weighted by molar-refractivity contribution is 5.85. The molecule has 0 bridgehead atoms. The van der Waals surface area contributed by atoms with Gasteiger partial charge in [0, 0.05) is 14.1 Å². The van der Waals surface area contributed by atoms with Crippen LogP contribution in [0.15, 0.2) is 54.4 Å². The Morgan fingerprint density at radius 1 is 0.741 bits per heavy atom. The van der Waals surface area contributed by atoms with Gasteiger partial charge >= 0.3 is 0 Å². The molecule has 0 N–H and O–H groups in total. The predicted octanol–water partition coefficient (Wildman–Crippen LogP) is 4.94. The van der Waals surface area contributed by atoms with Crippen LogP contribution in [0.4, 0.5) is 11.4 Å². The number of anilines is 2. The molecule has 4 heteroatoms. The second-order valence-corrected chi connectivity index (χ2v) is 6.07. The van der Waals surface area contributed by atoms with Crippen LogP contribution in [0.1, 0.15) is 33.5 Å². The predicted molar refractivity (Wildman–Crippen MR) is 118 cm³/mol. The summed E-state index contributed by atoms with van der Waals surface area (Å²) in [6.45, 7) is 8.00. The van der Waals surface area contributed by atoms with Crippen molar-refractivity contribution in [2.45, 2.75) is 27.7 Å². The number of aryl methyl sites for hydroxylation is 2. The quantitative estimate of drug-likeness (QED) is 0.568. The lowest BCUT2D eigenvalue weighted by molar-refractivity contribution is -0.647. The van der Waals surface area contributed by atoms with Gasteiger partial charge in [-0.05, 0) is 24.3 Å². The molecule has 2 aromatic carbocycles. The summed E-state index contributed by atoms with van der Waals surface area (Å²) in [5.41, 5.74) is 4.95. The SMILES string of the molecule is CC.CC.CN1C(=Cc2n(C)c3ccccc3[n+]2C)N(C)c2ccccc21. The third-order valence-corrected chi connectivity index (χ3v) is 4.84. The fourth-order valence-corrected chi connectivity index (χ4v) is 3.51. The van der Waals surface area contributed by atoms with Gasteiger partial charge < -0.3 is 9.80 Å². The molecule has 1 aromatic heterocycles. The van der Waals surface area contributed by atoms with Crippen molar-refractivity contribution in [1.82, 2.24) is 4.57 Å². The van der Waals surface area contributed by atoms with Crippen LogP contribution < -0.4 is 14.4 Å². The van der Waals surface area contributed by atoms with E-state index in [0.717, 1.165) is 0 Å². The van der Waals surface area contributed by atoms with E-state index in [4.69, 9.17) is 0 Å². The van der Waals surface area contributed by atoms with Crippen molar-refractivity contribution in [2.24, 2.45) is 14.1 Å². The minimum atomic E-state index is 1.17. The van der Waals surface area contributed by atoms with E-state index in [1.165, 1.54) is 34.1 Å². The van der Waals surface area contributed by atoms with Crippen LogP contribution >= 0.6 is 0 Å². The van der Waals surface area contributed by atoms with Crippen LogP contribution in [0, 0.1) is 0 Å². The van der Waals surface area contributed by atoms with Gasteiger partial charge in [-0.2, -0.15) is 0 Å². The number of nitrogens with zero attached hydrogens (tertiary/aromatic N) is 4. The molecule has 0 saturated carbocycles. The smallest absolute Gasteiger partial charge is 0.285 e. The number of rotatable bonds is 1. The zero-order chi connectivity index (χ0) is 20.1. The zero-order valence-electron chi connectivity index (χ0n) is 18.0. The summed E-state index contributed by atoms with van der Waals surface area (Å²) >= 11 is 0. The molecule has 0 unspecified atom stereocenters. The molecule has 144 valence electrons. The van der Waals surface area contributed by atoms with Crippen molar-refractivity contribution in [1.29, 1.82) is 0 Å². The van der Waals surface area contributed by atoms with Crippen molar-refractivity contribution in [2.75, 3.05) is 23.9 Å². The second-order valence-electron chi connectivity index (χ2n) is 6.07. The lowest BCUT2D eigenvalue weighted by Crippen LogP contribution is -2.32. The zero-order valence-corrected chi connectivity index (χ0v) is 18.0. The Labute approximate surface area is 164 Å². The van der Waals surface area contributed by atoms with E-state index < -0.39 is 0 Å². The van der Waals surface area contributed by atoms with Crippen molar-refractivity contribution in [3.05, 3.63) is 60.2 Å². The van der Waals surface area contributed by atoms with Crippen LogP contribution in [-0.2, 0) is 14.1 Å². The van der Waals surface area contributed by atoms with E-state index in [1.807, 2.05) is 27.7 Å². The molecule has 0 fully saturated rings. The highest BCUT2D eigenvalue weighted by Crippen LogP contribution is 2.39. The average molecular weight is 366 g/mol. The molecule has 2 heterocycles. The fraction of sp³-hybridized carbons (Fsp3) is 0.348. The van der Waals surface area contributed by atoms with E-state index in [9.17, 15) is 0 Å². The van der Waals surface area contributed by atoms with Crippen molar-refractivity contribution in [3.63, 3.8) is 0 Å². The summed E-state index contributed by atoms with van der Waals surface area (Å²) in [5, 5.41) is 0. The first kappa shape index (κ1) is 20.6. The topological polar surface area (TPSA) is 15.3 Å².